The number of anilines is 2. The van der Waals surface area contributed by atoms with Crippen LogP contribution in [0.2, 0.25) is 0 Å². The summed E-state index contributed by atoms with van der Waals surface area (Å²) in [6.45, 7) is 2.41. The lowest BCUT2D eigenvalue weighted by molar-refractivity contribution is 0.0888. The van der Waals surface area contributed by atoms with E-state index in [1.165, 1.54) is 11.1 Å². The van der Waals surface area contributed by atoms with Gasteiger partial charge in [0.05, 0.1) is 18.0 Å². The highest BCUT2D eigenvalue weighted by Crippen LogP contribution is 2.34. The number of amides is 2. The number of hydrogen-bond donors (Lipinski definition) is 3. The molecule has 3 rings (SSSR count). The van der Waals surface area contributed by atoms with E-state index >= 15 is 0 Å². The van der Waals surface area contributed by atoms with Gasteiger partial charge in [-0.05, 0) is 31.9 Å². The maximum Gasteiger partial charge on any atom is 0.407 e. The predicted octanol–water partition coefficient (Wildman–Crippen LogP) is 1.81. The van der Waals surface area contributed by atoms with Gasteiger partial charge in [0.15, 0.2) is 5.82 Å². The lowest BCUT2D eigenvalue weighted by Gasteiger charge is -2.39. The Morgan fingerprint density at radius 3 is 2.68 bits per heavy atom. The summed E-state index contributed by atoms with van der Waals surface area (Å²) in [5.74, 6) is 0.114. The number of likely N-dealkylation sites (tertiary alicyclic amines) is 1. The molecule has 10 heteroatoms. The zero-order chi connectivity index (χ0) is 20.3. The van der Waals surface area contributed by atoms with Gasteiger partial charge >= 0.3 is 6.09 Å². The first-order valence-corrected chi connectivity index (χ1v) is 8.80. The van der Waals surface area contributed by atoms with Crippen LogP contribution in [-0.4, -0.2) is 49.9 Å². The third-order valence-corrected chi connectivity index (χ3v) is 4.97. The molecule has 1 fully saturated rings. The molecule has 2 aromatic heterocycles. The van der Waals surface area contributed by atoms with Crippen LogP contribution in [-0.2, 0) is 5.54 Å². The Morgan fingerprint density at radius 1 is 1.39 bits per heavy atom. The number of aryl methyl sites for hydroxylation is 1. The second-order valence-electron chi connectivity index (χ2n) is 6.82. The van der Waals surface area contributed by atoms with Crippen molar-refractivity contribution < 1.29 is 14.7 Å². The molecule has 3 heterocycles. The Kier molecular flexibility index (Phi) is 5.17. The fourth-order valence-electron chi connectivity index (χ4n) is 3.37. The number of aromatic nitrogens is 3. The number of rotatable bonds is 5. The van der Waals surface area contributed by atoms with Gasteiger partial charge in [-0.3, -0.25) is 9.48 Å². The smallest absolute Gasteiger partial charge is 0.407 e. The van der Waals surface area contributed by atoms with Crippen LogP contribution in [0, 0.1) is 18.3 Å². The van der Waals surface area contributed by atoms with Crippen molar-refractivity contribution in [2.45, 2.75) is 31.7 Å². The van der Waals surface area contributed by atoms with Crippen LogP contribution < -0.4 is 11.1 Å². The number of pyridine rings is 1. The van der Waals surface area contributed by atoms with Gasteiger partial charge in [-0.25, -0.2) is 9.78 Å². The van der Waals surface area contributed by atoms with E-state index in [-0.39, 0.29) is 30.9 Å². The minimum Gasteiger partial charge on any atom is -0.465 e. The fourth-order valence-corrected chi connectivity index (χ4v) is 3.37. The number of nitrogens with two attached hydrogens (primary N) is 1. The summed E-state index contributed by atoms with van der Waals surface area (Å²) in [6, 6.07) is 7.57. The number of primary amides is 1. The number of nitrogens with one attached hydrogen (secondary N) is 1. The SMILES string of the molecule is Cc1cccc(Nc2nn(C3(CC#N)CCN(C(=O)O)CC3)cc2C(N)=O)n1. The van der Waals surface area contributed by atoms with E-state index in [1.807, 2.05) is 19.1 Å². The summed E-state index contributed by atoms with van der Waals surface area (Å²) in [4.78, 5) is 28.8. The van der Waals surface area contributed by atoms with E-state index in [2.05, 4.69) is 21.5 Å². The molecule has 0 saturated carbocycles. The molecule has 0 aliphatic carbocycles. The minimum atomic E-state index is -0.989. The molecule has 0 spiro atoms. The molecule has 2 aromatic rings. The third-order valence-electron chi connectivity index (χ3n) is 4.97. The number of carbonyl (C=O) groups is 2. The van der Waals surface area contributed by atoms with Crippen LogP contribution in [0.15, 0.2) is 24.4 Å². The Labute approximate surface area is 161 Å². The first-order valence-electron chi connectivity index (χ1n) is 8.80. The van der Waals surface area contributed by atoms with Crippen molar-refractivity contribution >= 4 is 23.6 Å². The first kappa shape index (κ1) is 19.2. The number of hydrogen-bond acceptors (Lipinski definition) is 6. The normalized spacial score (nSPS) is 15.6. The topological polar surface area (TPSA) is 150 Å². The molecule has 0 bridgehead atoms. The maximum atomic E-state index is 11.9. The van der Waals surface area contributed by atoms with Crippen molar-refractivity contribution in [1.82, 2.24) is 19.7 Å². The lowest BCUT2D eigenvalue weighted by Crippen LogP contribution is -2.47. The average Bonchev–Trinajstić information content (AvgIpc) is 3.07. The lowest BCUT2D eigenvalue weighted by atomic mass is 9.85. The highest BCUT2D eigenvalue weighted by Gasteiger charge is 2.39. The van der Waals surface area contributed by atoms with Crippen molar-refractivity contribution in [3.8, 4) is 6.07 Å². The molecule has 4 N–H and O–H groups in total. The van der Waals surface area contributed by atoms with Gasteiger partial charge in [-0.15, -0.1) is 0 Å². The number of carbonyl (C=O) groups excluding carboxylic acids is 1. The zero-order valence-electron chi connectivity index (χ0n) is 15.4. The molecule has 28 heavy (non-hydrogen) atoms. The van der Waals surface area contributed by atoms with Crippen molar-refractivity contribution in [3.05, 3.63) is 35.7 Å². The summed E-state index contributed by atoms with van der Waals surface area (Å²) in [6.07, 6.45) is 1.50. The molecule has 146 valence electrons. The number of carboxylic acid groups (broad SMARTS) is 1. The van der Waals surface area contributed by atoms with Gasteiger partial charge < -0.3 is 21.1 Å². The molecule has 0 radical (unpaired) electrons. The number of piperidine rings is 1. The molecule has 0 aromatic carbocycles. The molecule has 0 unspecified atom stereocenters. The summed E-state index contributed by atoms with van der Waals surface area (Å²) < 4.78 is 1.58. The van der Waals surface area contributed by atoms with Gasteiger partial charge in [0.25, 0.3) is 5.91 Å². The van der Waals surface area contributed by atoms with E-state index in [0.29, 0.717) is 18.7 Å². The van der Waals surface area contributed by atoms with Crippen LogP contribution >= 0.6 is 0 Å². The van der Waals surface area contributed by atoms with Crippen LogP contribution in [0.5, 0.6) is 0 Å². The van der Waals surface area contributed by atoms with Gasteiger partial charge in [-0.2, -0.15) is 10.4 Å². The highest BCUT2D eigenvalue weighted by molar-refractivity contribution is 5.98. The standard InChI is InChI=1S/C18H21N7O3/c1-12-3-2-4-14(21-12)22-16-13(15(20)26)11-25(23-16)18(5-8-19)6-9-24(10-7-18)17(27)28/h2-4,11H,5-7,9-10H2,1H3,(H2,20,26)(H,27,28)(H,21,22,23). The van der Waals surface area contributed by atoms with Gasteiger partial charge in [0.2, 0.25) is 0 Å². The summed E-state index contributed by atoms with van der Waals surface area (Å²) in [5, 5.41) is 26.0. The molecule has 1 aliphatic rings. The zero-order valence-corrected chi connectivity index (χ0v) is 15.4. The monoisotopic (exact) mass is 383 g/mol. The van der Waals surface area contributed by atoms with Crippen LogP contribution in [0.3, 0.4) is 0 Å². The minimum absolute atomic E-state index is 0.141. The molecular weight excluding hydrogens is 362 g/mol. The van der Waals surface area contributed by atoms with Gasteiger partial charge in [-0.1, -0.05) is 6.07 Å². The van der Waals surface area contributed by atoms with E-state index in [1.54, 1.807) is 10.7 Å². The molecule has 1 saturated heterocycles. The Balaban J connectivity index is 1.95. The second-order valence-corrected chi connectivity index (χ2v) is 6.82. The Bertz CT molecular complexity index is 939. The fraction of sp³-hybridized carbons (Fsp3) is 0.389. The van der Waals surface area contributed by atoms with Gasteiger partial charge in [0.1, 0.15) is 11.4 Å². The largest absolute Gasteiger partial charge is 0.465 e. The van der Waals surface area contributed by atoms with Crippen molar-refractivity contribution in [2.24, 2.45) is 5.73 Å². The molecule has 0 atom stereocenters. The van der Waals surface area contributed by atoms with Crippen LogP contribution in [0.25, 0.3) is 0 Å². The van der Waals surface area contributed by atoms with Crippen molar-refractivity contribution in [1.29, 1.82) is 5.26 Å². The highest BCUT2D eigenvalue weighted by atomic mass is 16.4. The van der Waals surface area contributed by atoms with Gasteiger partial charge in [0, 0.05) is 25.0 Å². The maximum absolute atomic E-state index is 11.9. The summed E-state index contributed by atoms with van der Waals surface area (Å²) >= 11 is 0. The molecule has 2 amide bonds. The van der Waals surface area contributed by atoms with E-state index in [0.717, 1.165) is 5.69 Å². The molecular formula is C18H21N7O3. The van der Waals surface area contributed by atoms with E-state index in [4.69, 9.17) is 5.73 Å². The first-order chi connectivity index (χ1) is 13.3. The van der Waals surface area contributed by atoms with E-state index < -0.39 is 17.5 Å². The number of nitriles is 1. The molecule has 10 nitrogen and oxygen atoms in total. The van der Waals surface area contributed by atoms with E-state index in [9.17, 15) is 20.0 Å². The van der Waals surface area contributed by atoms with Crippen LogP contribution in [0.1, 0.15) is 35.3 Å². The van der Waals surface area contributed by atoms with Crippen LogP contribution in [0.4, 0.5) is 16.4 Å². The quantitative estimate of drug-likeness (QED) is 0.712. The van der Waals surface area contributed by atoms with Crippen molar-refractivity contribution in [3.63, 3.8) is 0 Å². The number of nitrogens with zero attached hydrogens (tertiary/aromatic N) is 5. The Hall–Kier alpha value is -3.61. The Morgan fingerprint density at radius 2 is 2.11 bits per heavy atom. The predicted molar refractivity (Wildman–Crippen MR) is 100 cm³/mol. The summed E-state index contributed by atoms with van der Waals surface area (Å²) in [5.41, 5.74) is 5.79. The second kappa shape index (κ2) is 7.56. The summed E-state index contributed by atoms with van der Waals surface area (Å²) in [7, 11) is 0. The van der Waals surface area contributed by atoms with Crippen molar-refractivity contribution in [2.75, 3.05) is 18.4 Å². The average molecular weight is 383 g/mol. The third kappa shape index (κ3) is 3.73. The molecule has 1 aliphatic heterocycles.